The monoisotopic (exact) mass is 265 g/mol. The minimum Gasteiger partial charge on any atom is -0.486 e. The van der Waals surface area contributed by atoms with E-state index in [2.05, 4.69) is 24.4 Å². The van der Waals surface area contributed by atoms with Crippen LogP contribution in [0.2, 0.25) is 0 Å². The third-order valence-electron chi connectivity index (χ3n) is 3.40. The van der Waals surface area contributed by atoms with E-state index >= 15 is 0 Å². The molecule has 0 saturated carbocycles. The fourth-order valence-electron chi connectivity index (χ4n) is 2.18. The van der Waals surface area contributed by atoms with Gasteiger partial charge in [-0.1, -0.05) is 19.9 Å². The van der Waals surface area contributed by atoms with E-state index in [1.54, 1.807) is 0 Å². The van der Waals surface area contributed by atoms with Crippen LogP contribution in [0.5, 0.6) is 11.5 Å². The van der Waals surface area contributed by atoms with E-state index in [1.807, 2.05) is 13.0 Å². The number of aliphatic hydroxyl groups excluding tert-OH is 1. The molecular formula is C15H23NO3. The Morgan fingerprint density at radius 3 is 2.68 bits per heavy atom. The number of nitrogens with one attached hydrogen (secondary N) is 1. The molecule has 1 aromatic rings. The van der Waals surface area contributed by atoms with Crippen molar-refractivity contribution < 1.29 is 14.6 Å². The Morgan fingerprint density at radius 2 is 2.00 bits per heavy atom. The van der Waals surface area contributed by atoms with Gasteiger partial charge < -0.3 is 19.9 Å². The maximum Gasteiger partial charge on any atom is 0.161 e. The van der Waals surface area contributed by atoms with Crippen LogP contribution in [0.4, 0.5) is 0 Å². The summed E-state index contributed by atoms with van der Waals surface area (Å²) >= 11 is 0. The van der Waals surface area contributed by atoms with Crippen molar-refractivity contribution in [1.29, 1.82) is 0 Å². The van der Waals surface area contributed by atoms with Gasteiger partial charge in [-0.25, -0.2) is 0 Å². The van der Waals surface area contributed by atoms with Crippen LogP contribution >= 0.6 is 0 Å². The average Bonchev–Trinajstić information content (AvgIpc) is 2.47. The summed E-state index contributed by atoms with van der Waals surface area (Å²) in [7, 11) is 0. The summed E-state index contributed by atoms with van der Waals surface area (Å²) in [6, 6.07) is 6.39. The van der Waals surface area contributed by atoms with Crippen molar-refractivity contribution in [2.45, 2.75) is 26.3 Å². The lowest BCUT2D eigenvalue weighted by atomic mass is 10.0. The van der Waals surface area contributed by atoms with Gasteiger partial charge in [0.1, 0.15) is 13.2 Å². The highest BCUT2D eigenvalue weighted by Gasteiger charge is 2.16. The highest BCUT2D eigenvalue weighted by molar-refractivity contribution is 5.44. The zero-order chi connectivity index (χ0) is 13.7. The lowest BCUT2D eigenvalue weighted by Crippen LogP contribution is -2.27. The van der Waals surface area contributed by atoms with Gasteiger partial charge in [0.25, 0.3) is 0 Å². The second-order valence-corrected chi connectivity index (χ2v) is 5.06. The average molecular weight is 265 g/mol. The van der Waals surface area contributed by atoms with Crippen LogP contribution in [0.3, 0.4) is 0 Å². The molecule has 1 heterocycles. The molecule has 0 radical (unpaired) electrons. The van der Waals surface area contributed by atoms with Crippen LogP contribution in [0.1, 0.15) is 31.9 Å². The molecule has 0 spiro atoms. The zero-order valence-electron chi connectivity index (χ0n) is 11.7. The number of ether oxygens (including phenoxy) is 2. The molecule has 1 aromatic carbocycles. The Labute approximate surface area is 114 Å². The van der Waals surface area contributed by atoms with E-state index < -0.39 is 0 Å². The highest BCUT2D eigenvalue weighted by Crippen LogP contribution is 2.33. The van der Waals surface area contributed by atoms with E-state index in [1.165, 1.54) is 5.56 Å². The van der Waals surface area contributed by atoms with E-state index in [0.29, 0.717) is 13.2 Å². The summed E-state index contributed by atoms with van der Waals surface area (Å²) in [6.45, 7) is 6.44. The number of fused-ring (bicyclic) bond motifs is 1. The normalized spacial score (nSPS) is 17.0. The van der Waals surface area contributed by atoms with Crippen LogP contribution in [-0.2, 0) is 0 Å². The van der Waals surface area contributed by atoms with Gasteiger partial charge in [-0.15, -0.1) is 0 Å². The Morgan fingerprint density at radius 1 is 1.26 bits per heavy atom. The van der Waals surface area contributed by atoms with Crippen molar-refractivity contribution in [3.05, 3.63) is 23.8 Å². The first kappa shape index (κ1) is 14.2. The molecule has 1 aliphatic heterocycles. The summed E-state index contributed by atoms with van der Waals surface area (Å²) in [5.41, 5.74) is 1.21. The number of aliphatic hydroxyl groups is 1. The van der Waals surface area contributed by atoms with Gasteiger partial charge in [-0.3, -0.25) is 0 Å². The second-order valence-electron chi connectivity index (χ2n) is 5.06. The van der Waals surface area contributed by atoms with Gasteiger partial charge >= 0.3 is 0 Å². The Hall–Kier alpha value is -1.26. The molecule has 0 aromatic heterocycles. The van der Waals surface area contributed by atoms with Gasteiger partial charge in [-0.05, 0) is 30.0 Å². The van der Waals surface area contributed by atoms with E-state index in [-0.39, 0.29) is 18.6 Å². The first-order valence-corrected chi connectivity index (χ1v) is 6.98. The minimum atomic E-state index is 0.213. The summed E-state index contributed by atoms with van der Waals surface area (Å²) in [4.78, 5) is 0. The molecule has 106 valence electrons. The molecule has 2 atom stereocenters. The molecule has 0 fully saturated rings. The summed E-state index contributed by atoms with van der Waals surface area (Å²) in [5.74, 6) is 1.93. The number of rotatable bonds is 6. The van der Waals surface area contributed by atoms with Gasteiger partial charge in [0, 0.05) is 19.2 Å². The minimum absolute atomic E-state index is 0.213. The SMILES string of the molecule is CCC(NCC(C)CO)c1ccc2c(c1)OCCO2. The lowest BCUT2D eigenvalue weighted by Gasteiger charge is -2.23. The largest absolute Gasteiger partial charge is 0.486 e. The van der Waals surface area contributed by atoms with Crippen LogP contribution in [0.25, 0.3) is 0 Å². The van der Waals surface area contributed by atoms with Crippen molar-refractivity contribution in [2.24, 2.45) is 5.92 Å². The zero-order valence-corrected chi connectivity index (χ0v) is 11.7. The molecule has 4 heteroatoms. The highest BCUT2D eigenvalue weighted by atomic mass is 16.6. The van der Waals surface area contributed by atoms with Gasteiger partial charge in [0.2, 0.25) is 0 Å². The van der Waals surface area contributed by atoms with Gasteiger partial charge in [0.05, 0.1) is 0 Å². The van der Waals surface area contributed by atoms with Crippen molar-refractivity contribution in [3.8, 4) is 11.5 Å². The summed E-state index contributed by atoms with van der Waals surface area (Å²) in [6.07, 6.45) is 0.998. The Bertz CT molecular complexity index is 408. The van der Waals surface area contributed by atoms with Crippen LogP contribution < -0.4 is 14.8 Å². The topological polar surface area (TPSA) is 50.7 Å². The predicted molar refractivity (Wildman–Crippen MR) is 74.7 cm³/mol. The lowest BCUT2D eigenvalue weighted by molar-refractivity contribution is 0.171. The third kappa shape index (κ3) is 3.61. The molecule has 0 aliphatic carbocycles. The second kappa shape index (κ2) is 6.78. The molecule has 0 saturated heterocycles. The van der Waals surface area contributed by atoms with Crippen LogP contribution in [0.15, 0.2) is 18.2 Å². The molecule has 0 amide bonds. The fraction of sp³-hybridized carbons (Fsp3) is 0.600. The first-order valence-electron chi connectivity index (χ1n) is 6.98. The standard InChI is InChI=1S/C15H23NO3/c1-3-13(16-9-11(2)10-17)12-4-5-14-15(8-12)19-7-6-18-14/h4-5,8,11,13,16-17H,3,6-7,9-10H2,1-2H3. The van der Waals surface area contributed by atoms with Gasteiger partial charge in [0.15, 0.2) is 11.5 Å². The van der Waals surface area contributed by atoms with Gasteiger partial charge in [-0.2, -0.15) is 0 Å². The molecule has 2 N–H and O–H groups in total. The molecular weight excluding hydrogens is 242 g/mol. The maximum absolute atomic E-state index is 9.07. The summed E-state index contributed by atoms with van der Waals surface area (Å²) < 4.78 is 11.1. The first-order chi connectivity index (χ1) is 9.24. The summed E-state index contributed by atoms with van der Waals surface area (Å²) in [5, 5.41) is 12.6. The van der Waals surface area contributed by atoms with Crippen molar-refractivity contribution in [2.75, 3.05) is 26.4 Å². The molecule has 1 aliphatic rings. The molecule has 19 heavy (non-hydrogen) atoms. The maximum atomic E-state index is 9.07. The Balaban J connectivity index is 2.05. The van der Waals surface area contributed by atoms with E-state index in [9.17, 15) is 0 Å². The molecule has 2 rings (SSSR count). The number of hydrogen-bond acceptors (Lipinski definition) is 4. The molecule has 4 nitrogen and oxygen atoms in total. The van der Waals surface area contributed by atoms with E-state index in [4.69, 9.17) is 14.6 Å². The van der Waals surface area contributed by atoms with Crippen LogP contribution in [0, 0.1) is 5.92 Å². The molecule has 0 bridgehead atoms. The number of hydrogen-bond donors (Lipinski definition) is 2. The predicted octanol–water partition coefficient (Wildman–Crippen LogP) is 2.13. The quantitative estimate of drug-likeness (QED) is 0.827. The fourth-order valence-corrected chi connectivity index (χ4v) is 2.18. The van der Waals surface area contributed by atoms with Crippen molar-refractivity contribution in [3.63, 3.8) is 0 Å². The smallest absolute Gasteiger partial charge is 0.161 e. The van der Waals surface area contributed by atoms with Crippen molar-refractivity contribution >= 4 is 0 Å². The Kier molecular flexibility index (Phi) is 5.05. The van der Waals surface area contributed by atoms with Crippen molar-refractivity contribution in [1.82, 2.24) is 5.32 Å². The van der Waals surface area contributed by atoms with Crippen LogP contribution in [-0.4, -0.2) is 31.5 Å². The number of benzene rings is 1. The molecule has 2 unspecified atom stereocenters. The third-order valence-corrected chi connectivity index (χ3v) is 3.40. The van der Waals surface area contributed by atoms with E-state index in [0.717, 1.165) is 24.5 Å².